The average Bonchev–Trinajstić information content (AvgIpc) is 2.08. The van der Waals surface area contributed by atoms with Gasteiger partial charge in [-0.15, -0.1) is 0 Å². The molecule has 0 heterocycles. The van der Waals surface area contributed by atoms with Crippen molar-refractivity contribution in [3.05, 3.63) is 24.3 Å². The summed E-state index contributed by atoms with van der Waals surface area (Å²) in [5.74, 6) is 0.109. The summed E-state index contributed by atoms with van der Waals surface area (Å²) in [4.78, 5) is 0. The van der Waals surface area contributed by atoms with Gasteiger partial charge in [-0.2, -0.15) is 0 Å². The summed E-state index contributed by atoms with van der Waals surface area (Å²) in [5, 5.41) is 8.51. The van der Waals surface area contributed by atoms with Gasteiger partial charge in [0, 0.05) is 5.69 Å². The van der Waals surface area contributed by atoms with Gasteiger partial charge in [-0.05, 0) is 38.1 Å². The molecule has 0 aromatic heterocycles. The SMILES string of the molecule is CC(C)S(=O)(=O)Nc1ccc(O)cc1. The van der Waals surface area contributed by atoms with E-state index < -0.39 is 15.3 Å². The molecule has 4 nitrogen and oxygen atoms in total. The predicted octanol–water partition coefficient (Wildman–Crippen LogP) is 1.54. The van der Waals surface area contributed by atoms with E-state index in [1.54, 1.807) is 13.8 Å². The summed E-state index contributed by atoms with van der Waals surface area (Å²) in [5.41, 5.74) is 0.455. The van der Waals surface area contributed by atoms with Crippen molar-refractivity contribution >= 4 is 15.7 Å². The van der Waals surface area contributed by atoms with E-state index in [4.69, 9.17) is 5.11 Å². The molecule has 0 amide bonds. The van der Waals surface area contributed by atoms with Gasteiger partial charge < -0.3 is 5.11 Å². The zero-order chi connectivity index (χ0) is 10.8. The van der Waals surface area contributed by atoms with Crippen molar-refractivity contribution in [2.24, 2.45) is 0 Å². The highest BCUT2D eigenvalue weighted by Gasteiger charge is 2.14. The van der Waals surface area contributed by atoms with Crippen LogP contribution < -0.4 is 4.72 Å². The Balaban J connectivity index is 2.85. The molecule has 1 aromatic carbocycles. The van der Waals surface area contributed by atoms with Crippen molar-refractivity contribution in [3.63, 3.8) is 0 Å². The van der Waals surface area contributed by atoms with E-state index >= 15 is 0 Å². The fraction of sp³-hybridized carbons (Fsp3) is 0.333. The Labute approximate surface area is 83.6 Å². The maximum atomic E-state index is 11.4. The lowest BCUT2D eigenvalue weighted by Gasteiger charge is -2.10. The molecule has 0 fully saturated rings. The second-order valence-electron chi connectivity index (χ2n) is 3.24. The van der Waals surface area contributed by atoms with Gasteiger partial charge in [0.25, 0.3) is 0 Å². The smallest absolute Gasteiger partial charge is 0.235 e. The Kier molecular flexibility index (Phi) is 3.00. The normalized spacial score (nSPS) is 11.6. The molecular formula is C9H13NO3S. The molecule has 1 aromatic rings. The quantitative estimate of drug-likeness (QED) is 0.752. The highest BCUT2D eigenvalue weighted by molar-refractivity contribution is 7.93. The van der Waals surface area contributed by atoms with Crippen LogP contribution in [-0.4, -0.2) is 18.8 Å². The Morgan fingerprint density at radius 3 is 2.14 bits per heavy atom. The lowest BCUT2D eigenvalue weighted by molar-refractivity contribution is 0.475. The monoisotopic (exact) mass is 215 g/mol. The van der Waals surface area contributed by atoms with Crippen LogP contribution in [0, 0.1) is 0 Å². The molecule has 0 aliphatic rings. The van der Waals surface area contributed by atoms with E-state index in [1.165, 1.54) is 24.3 Å². The second kappa shape index (κ2) is 3.88. The summed E-state index contributed by atoms with van der Waals surface area (Å²) in [7, 11) is -3.30. The molecule has 78 valence electrons. The number of anilines is 1. The number of benzene rings is 1. The summed E-state index contributed by atoms with van der Waals surface area (Å²) >= 11 is 0. The van der Waals surface area contributed by atoms with Crippen molar-refractivity contribution in [3.8, 4) is 5.75 Å². The van der Waals surface area contributed by atoms with Gasteiger partial charge in [-0.1, -0.05) is 0 Å². The number of phenolic OH excluding ortho intramolecular Hbond substituents is 1. The molecule has 0 unspecified atom stereocenters. The number of hydrogen-bond donors (Lipinski definition) is 2. The highest BCUT2D eigenvalue weighted by Crippen LogP contribution is 2.16. The molecule has 0 radical (unpaired) electrons. The van der Waals surface area contributed by atoms with Gasteiger partial charge in [0.15, 0.2) is 0 Å². The Hall–Kier alpha value is -1.23. The fourth-order valence-corrected chi connectivity index (χ4v) is 1.51. The maximum Gasteiger partial charge on any atom is 0.235 e. The van der Waals surface area contributed by atoms with Gasteiger partial charge >= 0.3 is 0 Å². The zero-order valence-electron chi connectivity index (χ0n) is 8.06. The highest BCUT2D eigenvalue weighted by atomic mass is 32.2. The first-order valence-corrected chi connectivity index (χ1v) is 5.77. The fourth-order valence-electron chi connectivity index (χ4n) is 0.812. The Morgan fingerprint density at radius 1 is 1.21 bits per heavy atom. The lowest BCUT2D eigenvalue weighted by Crippen LogP contribution is -2.22. The zero-order valence-corrected chi connectivity index (χ0v) is 8.88. The van der Waals surface area contributed by atoms with Crippen LogP contribution in [0.1, 0.15) is 13.8 Å². The lowest BCUT2D eigenvalue weighted by atomic mass is 10.3. The molecule has 0 saturated heterocycles. The van der Waals surface area contributed by atoms with E-state index in [2.05, 4.69) is 4.72 Å². The molecule has 5 heteroatoms. The average molecular weight is 215 g/mol. The van der Waals surface area contributed by atoms with Gasteiger partial charge in [-0.25, -0.2) is 8.42 Å². The topological polar surface area (TPSA) is 66.4 Å². The number of phenols is 1. The van der Waals surface area contributed by atoms with Crippen LogP contribution in [0.5, 0.6) is 5.75 Å². The first-order valence-electron chi connectivity index (χ1n) is 4.22. The first-order chi connectivity index (χ1) is 6.42. The van der Waals surface area contributed by atoms with Crippen LogP contribution in [0.15, 0.2) is 24.3 Å². The maximum absolute atomic E-state index is 11.4. The van der Waals surface area contributed by atoms with Crippen LogP contribution in [0.4, 0.5) is 5.69 Å². The van der Waals surface area contributed by atoms with Gasteiger partial charge in [0.05, 0.1) is 5.25 Å². The van der Waals surface area contributed by atoms with Crippen molar-refractivity contribution in [2.75, 3.05) is 4.72 Å². The van der Waals surface area contributed by atoms with Gasteiger partial charge in [0.1, 0.15) is 5.75 Å². The van der Waals surface area contributed by atoms with Crippen molar-refractivity contribution < 1.29 is 13.5 Å². The largest absolute Gasteiger partial charge is 0.508 e. The number of rotatable bonds is 3. The third-order valence-electron chi connectivity index (χ3n) is 1.75. The molecule has 2 N–H and O–H groups in total. The van der Waals surface area contributed by atoms with Crippen molar-refractivity contribution in [1.82, 2.24) is 0 Å². The van der Waals surface area contributed by atoms with E-state index in [9.17, 15) is 8.42 Å². The molecular weight excluding hydrogens is 202 g/mol. The van der Waals surface area contributed by atoms with E-state index in [1.807, 2.05) is 0 Å². The van der Waals surface area contributed by atoms with Gasteiger partial charge in [0.2, 0.25) is 10.0 Å². The Bertz CT molecular complexity index is 395. The number of nitrogens with one attached hydrogen (secondary N) is 1. The van der Waals surface area contributed by atoms with E-state index in [-0.39, 0.29) is 5.75 Å². The molecule has 0 atom stereocenters. The summed E-state index contributed by atoms with van der Waals surface area (Å²) in [6.45, 7) is 3.20. The number of sulfonamides is 1. The third-order valence-corrected chi connectivity index (χ3v) is 3.51. The third kappa shape index (κ3) is 2.63. The first kappa shape index (κ1) is 10.8. The molecule has 0 aliphatic carbocycles. The minimum atomic E-state index is -3.30. The molecule has 0 spiro atoms. The minimum absolute atomic E-state index is 0.109. The van der Waals surface area contributed by atoms with Gasteiger partial charge in [-0.3, -0.25) is 4.72 Å². The van der Waals surface area contributed by atoms with Crippen molar-refractivity contribution in [1.29, 1.82) is 0 Å². The van der Waals surface area contributed by atoms with E-state index in [0.29, 0.717) is 5.69 Å². The van der Waals surface area contributed by atoms with Crippen LogP contribution in [-0.2, 0) is 10.0 Å². The number of aromatic hydroxyl groups is 1. The molecule has 0 aliphatic heterocycles. The molecule has 0 bridgehead atoms. The summed E-state index contributed by atoms with van der Waals surface area (Å²) < 4.78 is 25.2. The van der Waals surface area contributed by atoms with Crippen molar-refractivity contribution in [2.45, 2.75) is 19.1 Å². The summed E-state index contributed by atoms with van der Waals surface area (Å²) in [6.07, 6.45) is 0. The van der Waals surface area contributed by atoms with Crippen LogP contribution in [0.25, 0.3) is 0 Å². The van der Waals surface area contributed by atoms with Crippen LogP contribution in [0.3, 0.4) is 0 Å². The molecule has 14 heavy (non-hydrogen) atoms. The summed E-state index contributed by atoms with van der Waals surface area (Å²) in [6, 6.07) is 5.88. The molecule has 1 rings (SSSR count). The minimum Gasteiger partial charge on any atom is -0.508 e. The van der Waals surface area contributed by atoms with Crippen LogP contribution in [0.2, 0.25) is 0 Å². The standard InChI is InChI=1S/C9H13NO3S/c1-7(2)14(12,13)10-8-3-5-9(11)6-4-8/h3-7,10-11H,1-2H3. The van der Waals surface area contributed by atoms with Crippen LogP contribution >= 0.6 is 0 Å². The molecule has 0 saturated carbocycles. The number of hydrogen-bond acceptors (Lipinski definition) is 3. The second-order valence-corrected chi connectivity index (χ2v) is 5.48. The Morgan fingerprint density at radius 2 is 1.71 bits per heavy atom. The predicted molar refractivity (Wildman–Crippen MR) is 55.8 cm³/mol. The van der Waals surface area contributed by atoms with E-state index in [0.717, 1.165) is 0 Å².